The lowest BCUT2D eigenvalue weighted by atomic mass is 10.0. The maximum Gasteiger partial charge on any atom is 0.162 e. The third-order valence-corrected chi connectivity index (χ3v) is 4.88. The highest BCUT2D eigenvalue weighted by Gasteiger charge is 2.58. The van der Waals surface area contributed by atoms with Crippen LogP contribution in [0.15, 0.2) is 54.1 Å². The normalized spacial score (nSPS) is 20.8. The van der Waals surface area contributed by atoms with Gasteiger partial charge in [0.15, 0.2) is 5.60 Å². The van der Waals surface area contributed by atoms with Gasteiger partial charge in [-0.3, -0.25) is 10.3 Å². The first kappa shape index (κ1) is 16.5. The summed E-state index contributed by atoms with van der Waals surface area (Å²) in [5.74, 6) is 0.788. The van der Waals surface area contributed by atoms with Crippen LogP contribution in [-0.4, -0.2) is 32.1 Å². The third kappa shape index (κ3) is 3.01. The van der Waals surface area contributed by atoms with Crippen molar-refractivity contribution in [2.45, 2.75) is 12.0 Å². The number of hydroxylamine groups is 1. The molecule has 1 aliphatic carbocycles. The second-order valence-corrected chi connectivity index (χ2v) is 7.16. The molecule has 4 rings (SSSR count). The van der Waals surface area contributed by atoms with E-state index in [0.29, 0.717) is 11.6 Å². The fourth-order valence-electron chi connectivity index (χ4n) is 3.24. The maximum atomic E-state index is 6.39. The molecule has 5 heteroatoms. The van der Waals surface area contributed by atoms with Crippen molar-refractivity contribution in [1.29, 1.82) is 0 Å². The molecule has 1 heterocycles. The zero-order valence-corrected chi connectivity index (χ0v) is 15.1. The van der Waals surface area contributed by atoms with Crippen molar-refractivity contribution in [3.8, 4) is 5.75 Å². The van der Waals surface area contributed by atoms with Crippen molar-refractivity contribution < 1.29 is 9.57 Å². The van der Waals surface area contributed by atoms with E-state index >= 15 is 0 Å². The predicted molar refractivity (Wildman–Crippen MR) is 99.4 cm³/mol. The minimum atomic E-state index is -0.397. The summed E-state index contributed by atoms with van der Waals surface area (Å²) in [6.07, 6.45) is 0.850. The molecule has 1 atom stereocenters. The Labute approximate surface area is 153 Å². The molecule has 1 saturated carbocycles. The number of hydrogen-bond acceptors (Lipinski definition) is 4. The monoisotopic (exact) mass is 356 g/mol. The van der Waals surface area contributed by atoms with Gasteiger partial charge >= 0.3 is 0 Å². The first-order valence-corrected chi connectivity index (χ1v) is 8.78. The van der Waals surface area contributed by atoms with Crippen LogP contribution in [-0.2, 0) is 10.4 Å². The number of halogens is 1. The second kappa shape index (κ2) is 6.37. The Morgan fingerprint density at radius 2 is 2.00 bits per heavy atom. The van der Waals surface area contributed by atoms with Crippen LogP contribution in [0.3, 0.4) is 0 Å². The summed E-state index contributed by atoms with van der Waals surface area (Å²) >= 11 is 6.19. The summed E-state index contributed by atoms with van der Waals surface area (Å²) in [7, 11) is 4.05. The Morgan fingerprint density at radius 1 is 1.20 bits per heavy atom. The molecule has 0 radical (unpaired) electrons. The molecular weight excluding hydrogens is 336 g/mol. The van der Waals surface area contributed by atoms with E-state index in [9.17, 15) is 0 Å². The van der Waals surface area contributed by atoms with Gasteiger partial charge in [-0.05, 0) is 32.3 Å². The molecule has 0 spiro atoms. The molecule has 2 aromatic carbocycles. The van der Waals surface area contributed by atoms with Crippen LogP contribution in [0.5, 0.6) is 5.75 Å². The van der Waals surface area contributed by atoms with E-state index in [2.05, 4.69) is 22.5 Å². The number of rotatable bonds is 6. The van der Waals surface area contributed by atoms with E-state index in [1.54, 1.807) is 0 Å². The molecule has 2 aliphatic rings. The molecule has 1 unspecified atom stereocenters. The van der Waals surface area contributed by atoms with Crippen molar-refractivity contribution in [2.24, 2.45) is 0 Å². The molecule has 0 bridgehead atoms. The molecular formula is C20H21ClN2O2. The lowest BCUT2D eigenvalue weighted by Gasteiger charge is -2.26. The van der Waals surface area contributed by atoms with E-state index in [4.69, 9.17) is 21.2 Å². The first-order valence-electron chi connectivity index (χ1n) is 8.41. The number of hydrogen-bond donors (Lipinski definition) is 1. The topological polar surface area (TPSA) is 33.7 Å². The summed E-state index contributed by atoms with van der Waals surface area (Å²) in [6.45, 7) is 1.45. The van der Waals surface area contributed by atoms with Gasteiger partial charge in [0.05, 0.1) is 12.3 Å². The van der Waals surface area contributed by atoms with Crippen molar-refractivity contribution in [1.82, 2.24) is 10.4 Å². The van der Waals surface area contributed by atoms with Crippen LogP contribution in [0, 0.1) is 0 Å². The molecule has 130 valence electrons. The number of nitrogens with one attached hydrogen (secondary N) is 1. The SMILES string of the molecule is CN(C)CCONC1=C2CC2(c2ccccc2)Oc2cc(Cl)ccc21. The smallest absolute Gasteiger partial charge is 0.162 e. The molecule has 1 fully saturated rings. The minimum Gasteiger partial charge on any atom is -0.477 e. The standard InChI is InChI=1S/C20H21ClN2O2/c1-23(2)10-11-24-22-19-16-9-8-15(21)12-18(16)25-20(13-17(19)20)14-6-4-3-5-7-14/h3-9,12,22H,10-11,13H2,1-2H3. The van der Waals surface area contributed by atoms with Crippen LogP contribution < -0.4 is 10.2 Å². The van der Waals surface area contributed by atoms with E-state index in [0.717, 1.165) is 35.5 Å². The average Bonchev–Trinajstić information content (AvgIpc) is 3.33. The molecule has 0 saturated heterocycles. The molecule has 2 aromatic rings. The average molecular weight is 357 g/mol. The van der Waals surface area contributed by atoms with E-state index in [1.807, 2.05) is 50.5 Å². The van der Waals surface area contributed by atoms with E-state index in [-0.39, 0.29) is 0 Å². The second-order valence-electron chi connectivity index (χ2n) is 6.72. The van der Waals surface area contributed by atoms with Crippen molar-refractivity contribution in [2.75, 3.05) is 27.2 Å². The number of fused-ring (bicyclic) bond motifs is 2. The highest BCUT2D eigenvalue weighted by molar-refractivity contribution is 6.30. The molecule has 0 amide bonds. The Bertz CT molecular complexity index is 820. The van der Waals surface area contributed by atoms with Crippen molar-refractivity contribution >= 4 is 17.3 Å². The van der Waals surface area contributed by atoms with Gasteiger partial charge in [0.25, 0.3) is 0 Å². The van der Waals surface area contributed by atoms with Gasteiger partial charge in [-0.1, -0.05) is 41.9 Å². The highest BCUT2D eigenvalue weighted by atomic mass is 35.5. The third-order valence-electron chi connectivity index (χ3n) is 4.64. The Balaban J connectivity index is 1.66. The zero-order chi connectivity index (χ0) is 17.4. The van der Waals surface area contributed by atoms with E-state index in [1.165, 1.54) is 5.57 Å². The van der Waals surface area contributed by atoms with Crippen LogP contribution in [0.4, 0.5) is 0 Å². The van der Waals surface area contributed by atoms with Gasteiger partial charge in [-0.2, -0.15) is 0 Å². The lowest BCUT2D eigenvalue weighted by Crippen LogP contribution is -2.26. The Morgan fingerprint density at radius 3 is 2.76 bits per heavy atom. The van der Waals surface area contributed by atoms with Crippen LogP contribution >= 0.6 is 11.6 Å². The van der Waals surface area contributed by atoms with Crippen LogP contribution in [0.25, 0.3) is 5.70 Å². The molecule has 25 heavy (non-hydrogen) atoms. The summed E-state index contributed by atoms with van der Waals surface area (Å²) in [5, 5.41) is 0.666. The molecule has 1 aliphatic heterocycles. The minimum absolute atomic E-state index is 0.397. The lowest BCUT2D eigenvalue weighted by molar-refractivity contribution is 0.0651. The summed E-state index contributed by atoms with van der Waals surface area (Å²) in [5.41, 5.74) is 7.14. The van der Waals surface area contributed by atoms with Gasteiger partial charge < -0.3 is 9.64 Å². The highest BCUT2D eigenvalue weighted by Crippen LogP contribution is 2.61. The van der Waals surface area contributed by atoms with Crippen molar-refractivity contribution in [3.05, 3.63) is 70.3 Å². The quantitative estimate of drug-likeness (QED) is 0.630. The number of ether oxygens (including phenoxy) is 1. The predicted octanol–water partition coefficient (Wildman–Crippen LogP) is 3.83. The van der Waals surface area contributed by atoms with E-state index < -0.39 is 5.60 Å². The summed E-state index contributed by atoms with van der Waals surface area (Å²) in [6, 6.07) is 16.0. The Hall–Kier alpha value is -2.01. The summed E-state index contributed by atoms with van der Waals surface area (Å²) in [4.78, 5) is 7.80. The fraction of sp³-hybridized carbons (Fsp3) is 0.300. The first-order chi connectivity index (χ1) is 12.1. The van der Waals surface area contributed by atoms with Gasteiger partial charge in [0, 0.05) is 34.7 Å². The van der Waals surface area contributed by atoms with Gasteiger partial charge in [0.2, 0.25) is 0 Å². The number of nitrogens with zero attached hydrogens (tertiary/aromatic N) is 1. The van der Waals surface area contributed by atoms with Crippen LogP contribution in [0.1, 0.15) is 17.5 Å². The summed E-state index contributed by atoms with van der Waals surface area (Å²) < 4.78 is 6.39. The fourth-order valence-corrected chi connectivity index (χ4v) is 3.40. The Kier molecular flexibility index (Phi) is 4.20. The van der Waals surface area contributed by atoms with Gasteiger partial charge in [-0.25, -0.2) is 0 Å². The number of benzene rings is 2. The van der Waals surface area contributed by atoms with Crippen LogP contribution in [0.2, 0.25) is 5.02 Å². The largest absolute Gasteiger partial charge is 0.477 e. The molecule has 0 aromatic heterocycles. The van der Waals surface area contributed by atoms with Gasteiger partial charge in [-0.15, -0.1) is 0 Å². The van der Waals surface area contributed by atoms with Crippen molar-refractivity contribution in [3.63, 3.8) is 0 Å². The number of likely N-dealkylation sites (N-methyl/N-ethyl adjacent to an activating group) is 1. The van der Waals surface area contributed by atoms with Gasteiger partial charge in [0.1, 0.15) is 5.75 Å². The maximum absolute atomic E-state index is 6.39. The molecule has 1 N–H and O–H groups in total. The molecule has 4 nitrogen and oxygen atoms in total. The zero-order valence-electron chi connectivity index (χ0n) is 14.4.